The van der Waals surface area contributed by atoms with Crippen LogP contribution in [0.1, 0.15) is 43.0 Å². The third-order valence-corrected chi connectivity index (χ3v) is 3.96. The molecule has 0 aromatic carbocycles. The van der Waals surface area contributed by atoms with Gasteiger partial charge < -0.3 is 14.8 Å². The lowest BCUT2D eigenvalue weighted by Crippen LogP contribution is -2.32. The van der Waals surface area contributed by atoms with Crippen molar-refractivity contribution in [3.63, 3.8) is 0 Å². The molecule has 116 valence electrons. The van der Waals surface area contributed by atoms with E-state index in [1.807, 2.05) is 0 Å². The van der Waals surface area contributed by atoms with Crippen molar-refractivity contribution in [2.75, 3.05) is 20.3 Å². The summed E-state index contributed by atoms with van der Waals surface area (Å²) in [4.78, 5) is 16.1. The molecule has 5 heteroatoms. The van der Waals surface area contributed by atoms with E-state index < -0.39 is 0 Å². The second-order valence-corrected chi connectivity index (χ2v) is 5.49. The summed E-state index contributed by atoms with van der Waals surface area (Å²) in [5, 5.41) is 2.84. The average Bonchev–Trinajstić information content (AvgIpc) is 2.52. The summed E-state index contributed by atoms with van der Waals surface area (Å²) in [6.07, 6.45) is 6.86. The maximum Gasteiger partial charge on any atom is 0.256 e. The maximum absolute atomic E-state index is 12.1. The van der Waals surface area contributed by atoms with Crippen LogP contribution < -0.4 is 10.1 Å². The zero-order chi connectivity index (χ0) is 15.1. The van der Waals surface area contributed by atoms with E-state index >= 15 is 0 Å². The first-order chi connectivity index (χ1) is 10.2. The average molecular weight is 292 g/mol. The lowest BCUT2D eigenvalue weighted by atomic mass is 9.88. The van der Waals surface area contributed by atoms with Crippen LogP contribution in [0.5, 0.6) is 5.88 Å². The molecule has 0 aliphatic heterocycles. The minimum Gasteiger partial charge on any atom is -0.480 e. The fourth-order valence-corrected chi connectivity index (χ4v) is 2.73. The predicted molar refractivity (Wildman–Crippen MR) is 80.5 cm³/mol. The molecule has 1 aliphatic carbocycles. The summed E-state index contributed by atoms with van der Waals surface area (Å²) in [6, 6.07) is 3.42. The van der Waals surface area contributed by atoms with Crippen molar-refractivity contribution in [2.45, 2.75) is 38.7 Å². The van der Waals surface area contributed by atoms with Crippen molar-refractivity contribution < 1.29 is 14.3 Å². The number of pyridine rings is 1. The van der Waals surface area contributed by atoms with Crippen LogP contribution in [-0.4, -0.2) is 37.3 Å². The number of nitrogens with one attached hydrogen (secondary N) is 1. The second kappa shape index (κ2) is 7.98. The zero-order valence-electron chi connectivity index (χ0n) is 12.8. The molecule has 1 aliphatic rings. The van der Waals surface area contributed by atoms with Crippen LogP contribution in [0.3, 0.4) is 0 Å². The van der Waals surface area contributed by atoms with Gasteiger partial charge in [-0.05, 0) is 30.9 Å². The number of rotatable bonds is 6. The number of nitrogens with zero attached hydrogens (tertiary/aromatic N) is 1. The van der Waals surface area contributed by atoms with Gasteiger partial charge in [-0.3, -0.25) is 4.79 Å². The highest BCUT2D eigenvalue weighted by atomic mass is 16.5. The van der Waals surface area contributed by atoms with Crippen LogP contribution in [0, 0.1) is 5.92 Å². The minimum absolute atomic E-state index is 0.180. The zero-order valence-corrected chi connectivity index (χ0v) is 12.8. The van der Waals surface area contributed by atoms with Gasteiger partial charge in [-0.25, -0.2) is 4.98 Å². The summed E-state index contributed by atoms with van der Waals surface area (Å²) >= 11 is 0. The largest absolute Gasteiger partial charge is 0.480 e. The number of amides is 1. The Balaban J connectivity index is 1.74. The van der Waals surface area contributed by atoms with Gasteiger partial charge in [0.15, 0.2) is 0 Å². The summed E-state index contributed by atoms with van der Waals surface area (Å²) in [5.74, 6) is 0.782. The Morgan fingerprint density at radius 2 is 2.24 bits per heavy atom. The molecule has 2 rings (SSSR count). The fraction of sp³-hybridized carbons (Fsp3) is 0.625. The molecule has 0 bridgehead atoms. The van der Waals surface area contributed by atoms with E-state index in [1.54, 1.807) is 18.3 Å². The van der Waals surface area contributed by atoms with Gasteiger partial charge in [-0.2, -0.15) is 0 Å². The first kappa shape index (κ1) is 15.8. The topological polar surface area (TPSA) is 60.5 Å². The molecule has 2 atom stereocenters. The number of carbonyl (C=O) groups is 1. The smallest absolute Gasteiger partial charge is 0.256 e. The minimum atomic E-state index is -0.180. The van der Waals surface area contributed by atoms with Crippen molar-refractivity contribution in [1.82, 2.24) is 10.3 Å². The van der Waals surface area contributed by atoms with Crippen LogP contribution in [0.2, 0.25) is 0 Å². The van der Waals surface area contributed by atoms with Crippen LogP contribution in [0.15, 0.2) is 18.3 Å². The Morgan fingerprint density at radius 1 is 1.43 bits per heavy atom. The van der Waals surface area contributed by atoms with Gasteiger partial charge in [0, 0.05) is 12.7 Å². The highest BCUT2D eigenvalue weighted by Gasteiger charge is 2.21. The maximum atomic E-state index is 12.1. The van der Waals surface area contributed by atoms with E-state index in [0.29, 0.717) is 36.6 Å². The molecule has 21 heavy (non-hydrogen) atoms. The molecule has 1 heterocycles. The predicted octanol–water partition coefficient (Wildman–Crippen LogP) is 2.42. The molecular weight excluding hydrogens is 268 g/mol. The van der Waals surface area contributed by atoms with Gasteiger partial charge in [-0.15, -0.1) is 0 Å². The van der Waals surface area contributed by atoms with Crippen molar-refractivity contribution in [3.8, 4) is 5.88 Å². The molecule has 5 nitrogen and oxygen atoms in total. The lowest BCUT2D eigenvalue weighted by Gasteiger charge is -2.28. The van der Waals surface area contributed by atoms with Gasteiger partial charge in [0.05, 0.1) is 19.8 Å². The number of methoxy groups -OCH3 is 1. The van der Waals surface area contributed by atoms with E-state index in [9.17, 15) is 4.79 Å². The molecular formula is C16H24N2O3. The second-order valence-electron chi connectivity index (χ2n) is 5.49. The van der Waals surface area contributed by atoms with Gasteiger partial charge in [0.25, 0.3) is 5.91 Å². The monoisotopic (exact) mass is 292 g/mol. The van der Waals surface area contributed by atoms with Crippen LogP contribution in [-0.2, 0) is 4.74 Å². The lowest BCUT2D eigenvalue weighted by molar-refractivity contribution is -0.00294. The van der Waals surface area contributed by atoms with Crippen molar-refractivity contribution in [2.24, 2.45) is 5.92 Å². The first-order valence-electron chi connectivity index (χ1n) is 7.61. The van der Waals surface area contributed by atoms with Gasteiger partial charge in [-0.1, -0.05) is 19.8 Å². The standard InChI is InChI=1S/C16H24N2O3/c1-12-6-3-4-8-14(12)21-11-10-17-15(19)13-7-5-9-18-16(13)20-2/h5,7,9,12,14H,3-4,6,8,10-11H2,1-2H3,(H,17,19). The van der Waals surface area contributed by atoms with E-state index in [1.165, 1.54) is 26.4 Å². The number of ether oxygens (including phenoxy) is 2. The van der Waals surface area contributed by atoms with Gasteiger partial charge in [0.2, 0.25) is 5.88 Å². The molecule has 1 aromatic heterocycles. The Labute approximate surface area is 126 Å². The normalized spacial score (nSPS) is 21.8. The van der Waals surface area contributed by atoms with E-state index in [-0.39, 0.29) is 5.91 Å². The first-order valence-corrected chi connectivity index (χ1v) is 7.61. The molecule has 2 unspecified atom stereocenters. The van der Waals surface area contributed by atoms with E-state index in [2.05, 4.69) is 17.2 Å². The number of aromatic nitrogens is 1. The number of carbonyl (C=O) groups excluding carboxylic acids is 1. The quantitative estimate of drug-likeness (QED) is 0.818. The van der Waals surface area contributed by atoms with E-state index in [0.717, 1.165) is 6.42 Å². The molecule has 0 spiro atoms. The molecule has 1 aromatic rings. The molecule has 1 amide bonds. The molecule has 1 saturated carbocycles. The number of hydrogen-bond donors (Lipinski definition) is 1. The Kier molecular flexibility index (Phi) is 5.99. The Morgan fingerprint density at radius 3 is 3.00 bits per heavy atom. The van der Waals surface area contributed by atoms with Crippen LogP contribution in [0.4, 0.5) is 0 Å². The highest BCUT2D eigenvalue weighted by molar-refractivity contribution is 5.96. The summed E-state index contributed by atoms with van der Waals surface area (Å²) < 4.78 is 11.0. The third kappa shape index (κ3) is 4.43. The van der Waals surface area contributed by atoms with Crippen LogP contribution in [0.25, 0.3) is 0 Å². The molecule has 1 fully saturated rings. The van der Waals surface area contributed by atoms with E-state index in [4.69, 9.17) is 9.47 Å². The van der Waals surface area contributed by atoms with Crippen LogP contribution >= 0.6 is 0 Å². The Bertz CT molecular complexity index is 465. The molecule has 0 saturated heterocycles. The summed E-state index contributed by atoms with van der Waals surface area (Å²) in [6.45, 7) is 3.28. The molecule has 1 N–H and O–H groups in total. The fourth-order valence-electron chi connectivity index (χ4n) is 2.73. The summed E-state index contributed by atoms with van der Waals surface area (Å²) in [5.41, 5.74) is 0.450. The SMILES string of the molecule is COc1ncccc1C(=O)NCCOC1CCCCC1C. The summed E-state index contributed by atoms with van der Waals surface area (Å²) in [7, 11) is 1.51. The van der Waals surface area contributed by atoms with Crippen molar-refractivity contribution in [1.29, 1.82) is 0 Å². The molecule has 0 radical (unpaired) electrons. The third-order valence-electron chi connectivity index (χ3n) is 3.96. The van der Waals surface area contributed by atoms with Crippen molar-refractivity contribution in [3.05, 3.63) is 23.9 Å². The Hall–Kier alpha value is -1.62. The van der Waals surface area contributed by atoms with Gasteiger partial charge in [0.1, 0.15) is 5.56 Å². The van der Waals surface area contributed by atoms with Crippen molar-refractivity contribution >= 4 is 5.91 Å². The van der Waals surface area contributed by atoms with Gasteiger partial charge >= 0.3 is 0 Å². The number of hydrogen-bond acceptors (Lipinski definition) is 4. The highest BCUT2D eigenvalue weighted by Crippen LogP contribution is 2.26.